The van der Waals surface area contributed by atoms with Gasteiger partial charge in [0.1, 0.15) is 0 Å². The molecule has 0 aromatic heterocycles. The zero-order chi connectivity index (χ0) is 19.2. The number of piperidine rings is 1. The molecule has 2 heterocycles. The molecule has 3 nitrogen and oxygen atoms in total. The van der Waals surface area contributed by atoms with E-state index in [1.54, 1.807) is 5.57 Å². The number of hydrogen-bond acceptors (Lipinski definition) is 3. The Balaban J connectivity index is 1.36. The molecule has 0 aliphatic carbocycles. The second-order valence-electron chi connectivity index (χ2n) is 7.82. The highest BCUT2D eigenvalue weighted by atomic mass is 16.5. The number of fused-ring (bicyclic) bond motifs is 2. The lowest BCUT2D eigenvalue weighted by Crippen LogP contribution is -2.48. The molecule has 2 atom stereocenters. The summed E-state index contributed by atoms with van der Waals surface area (Å²) >= 11 is 0. The van der Waals surface area contributed by atoms with Crippen LogP contribution in [0.15, 0.2) is 66.2 Å². The van der Waals surface area contributed by atoms with Gasteiger partial charge in [-0.2, -0.15) is 0 Å². The Morgan fingerprint density at radius 3 is 2.43 bits per heavy atom. The van der Waals surface area contributed by atoms with Crippen molar-refractivity contribution in [2.45, 2.75) is 57.7 Å². The Bertz CT molecular complexity index is 786. The maximum Gasteiger partial charge on any atom is 0.161 e. The zero-order valence-electron chi connectivity index (χ0n) is 16.8. The fourth-order valence-electron chi connectivity index (χ4n) is 4.57. The monoisotopic (exact) mass is 377 g/mol. The molecule has 28 heavy (non-hydrogen) atoms. The minimum absolute atomic E-state index is 0.582. The highest BCUT2D eigenvalue weighted by molar-refractivity contribution is 5.39. The summed E-state index contributed by atoms with van der Waals surface area (Å²) in [5.41, 5.74) is 2.99. The van der Waals surface area contributed by atoms with E-state index in [2.05, 4.69) is 41.3 Å². The number of benzene rings is 2. The number of rotatable bonds is 8. The largest absolute Gasteiger partial charge is 0.490 e. The molecule has 0 amide bonds. The Labute approximate surface area is 169 Å². The van der Waals surface area contributed by atoms with Crippen LogP contribution in [0.2, 0.25) is 0 Å². The van der Waals surface area contributed by atoms with Crippen LogP contribution in [0.1, 0.15) is 44.6 Å². The van der Waals surface area contributed by atoms with E-state index in [0.29, 0.717) is 25.3 Å². The third kappa shape index (κ3) is 4.59. The van der Waals surface area contributed by atoms with Crippen molar-refractivity contribution < 1.29 is 9.47 Å². The molecule has 2 bridgehead atoms. The summed E-state index contributed by atoms with van der Waals surface area (Å²) in [6.45, 7) is 4.45. The zero-order valence-corrected chi connectivity index (χ0v) is 16.8. The van der Waals surface area contributed by atoms with Gasteiger partial charge in [0, 0.05) is 25.0 Å². The predicted octanol–water partition coefficient (Wildman–Crippen LogP) is 5.61. The molecule has 3 heteroatoms. The number of ether oxygens (including phenoxy) is 2. The summed E-state index contributed by atoms with van der Waals surface area (Å²) < 4.78 is 11.7. The van der Waals surface area contributed by atoms with Gasteiger partial charge in [0.2, 0.25) is 0 Å². The maximum absolute atomic E-state index is 6.06. The van der Waals surface area contributed by atoms with E-state index >= 15 is 0 Å². The van der Waals surface area contributed by atoms with Gasteiger partial charge in [0.05, 0.1) is 13.2 Å². The van der Waals surface area contributed by atoms with Crippen LogP contribution in [-0.4, -0.2) is 30.2 Å². The quantitative estimate of drug-likeness (QED) is 0.558. The van der Waals surface area contributed by atoms with Crippen LogP contribution in [0.25, 0.3) is 0 Å². The second-order valence-corrected chi connectivity index (χ2v) is 7.82. The van der Waals surface area contributed by atoms with Crippen molar-refractivity contribution in [1.29, 1.82) is 0 Å². The Morgan fingerprint density at radius 2 is 1.68 bits per heavy atom. The molecule has 2 aromatic carbocycles. The van der Waals surface area contributed by atoms with Gasteiger partial charge in [-0.1, -0.05) is 60.5 Å². The van der Waals surface area contributed by atoms with E-state index < -0.39 is 0 Å². The normalized spacial score (nSPS) is 21.8. The van der Waals surface area contributed by atoms with Crippen LogP contribution >= 0.6 is 0 Å². The Kier molecular flexibility index (Phi) is 6.33. The lowest BCUT2D eigenvalue weighted by Gasteiger charge is -2.45. The average Bonchev–Trinajstić information content (AvgIpc) is 2.71. The SMILES string of the molecule is CCOc1ccccc1OCCC1=CC2CCCC(C1)N2Cc1ccccc1. The minimum Gasteiger partial charge on any atom is -0.490 e. The van der Waals surface area contributed by atoms with E-state index in [1.807, 2.05) is 31.2 Å². The first-order chi connectivity index (χ1) is 13.8. The van der Waals surface area contributed by atoms with Gasteiger partial charge in [0.15, 0.2) is 11.5 Å². The highest BCUT2D eigenvalue weighted by Gasteiger charge is 2.33. The van der Waals surface area contributed by atoms with Crippen molar-refractivity contribution in [3.8, 4) is 11.5 Å². The predicted molar refractivity (Wildman–Crippen MR) is 114 cm³/mol. The third-order valence-corrected chi connectivity index (χ3v) is 5.90. The maximum atomic E-state index is 6.06. The van der Waals surface area contributed by atoms with Crippen molar-refractivity contribution in [3.05, 3.63) is 71.8 Å². The molecule has 0 saturated carbocycles. The first kappa shape index (κ1) is 19.1. The number of hydrogen-bond donors (Lipinski definition) is 0. The summed E-state index contributed by atoms with van der Waals surface area (Å²) in [5, 5.41) is 0. The van der Waals surface area contributed by atoms with Crippen molar-refractivity contribution in [2.75, 3.05) is 13.2 Å². The Hall–Kier alpha value is -2.26. The number of nitrogens with zero attached hydrogens (tertiary/aromatic N) is 1. The van der Waals surface area contributed by atoms with Crippen molar-refractivity contribution in [2.24, 2.45) is 0 Å². The molecule has 2 aliphatic heterocycles. The second kappa shape index (κ2) is 9.29. The lowest BCUT2D eigenvalue weighted by molar-refractivity contribution is 0.0869. The van der Waals surface area contributed by atoms with E-state index in [4.69, 9.17) is 9.47 Å². The smallest absolute Gasteiger partial charge is 0.161 e. The van der Waals surface area contributed by atoms with Crippen LogP contribution < -0.4 is 9.47 Å². The van der Waals surface area contributed by atoms with Gasteiger partial charge < -0.3 is 9.47 Å². The molecule has 2 unspecified atom stereocenters. The first-order valence-corrected chi connectivity index (χ1v) is 10.7. The van der Waals surface area contributed by atoms with E-state index in [1.165, 1.54) is 31.2 Å². The van der Waals surface area contributed by atoms with Crippen LogP contribution in [-0.2, 0) is 6.54 Å². The van der Waals surface area contributed by atoms with Gasteiger partial charge in [-0.05, 0) is 43.9 Å². The fourth-order valence-corrected chi connectivity index (χ4v) is 4.57. The molecule has 1 saturated heterocycles. The minimum atomic E-state index is 0.582. The van der Waals surface area contributed by atoms with E-state index in [9.17, 15) is 0 Å². The molecule has 4 rings (SSSR count). The van der Waals surface area contributed by atoms with Gasteiger partial charge in [-0.25, -0.2) is 0 Å². The average molecular weight is 378 g/mol. The molecular formula is C25H31NO2. The first-order valence-electron chi connectivity index (χ1n) is 10.7. The summed E-state index contributed by atoms with van der Waals surface area (Å²) in [5.74, 6) is 1.69. The fraction of sp³-hybridized carbons (Fsp3) is 0.440. The van der Waals surface area contributed by atoms with Crippen LogP contribution in [0, 0.1) is 0 Å². The lowest BCUT2D eigenvalue weighted by atomic mass is 9.84. The van der Waals surface area contributed by atoms with Gasteiger partial charge >= 0.3 is 0 Å². The molecule has 0 radical (unpaired) electrons. The summed E-state index contributed by atoms with van der Waals surface area (Å²) in [4.78, 5) is 2.72. The van der Waals surface area contributed by atoms with E-state index in [-0.39, 0.29) is 0 Å². The topological polar surface area (TPSA) is 21.7 Å². The van der Waals surface area contributed by atoms with E-state index in [0.717, 1.165) is 24.5 Å². The van der Waals surface area contributed by atoms with Gasteiger partial charge in [-0.3, -0.25) is 4.90 Å². The standard InChI is InChI=1S/C25H31NO2/c1-2-27-24-13-6-7-14-25(24)28-16-15-21-17-22-11-8-12-23(18-21)26(22)19-20-9-4-3-5-10-20/h3-7,9-10,13-14,17,22-23H,2,8,11-12,15-16,18-19H2,1H3. The summed E-state index contributed by atoms with van der Waals surface area (Å²) in [7, 11) is 0. The molecular weight excluding hydrogens is 346 g/mol. The van der Waals surface area contributed by atoms with Crippen molar-refractivity contribution in [1.82, 2.24) is 4.90 Å². The Morgan fingerprint density at radius 1 is 0.929 bits per heavy atom. The van der Waals surface area contributed by atoms with Crippen molar-refractivity contribution >= 4 is 0 Å². The van der Waals surface area contributed by atoms with Crippen LogP contribution in [0.4, 0.5) is 0 Å². The molecule has 0 N–H and O–H groups in total. The summed E-state index contributed by atoms with van der Waals surface area (Å²) in [6, 6.07) is 20.1. The molecule has 2 aromatic rings. The molecule has 0 spiro atoms. The third-order valence-electron chi connectivity index (χ3n) is 5.90. The number of para-hydroxylation sites is 2. The molecule has 2 aliphatic rings. The molecule has 148 valence electrons. The van der Waals surface area contributed by atoms with Crippen molar-refractivity contribution in [3.63, 3.8) is 0 Å². The molecule has 1 fully saturated rings. The highest BCUT2D eigenvalue weighted by Crippen LogP contribution is 2.35. The van der Waals surface area contributed by atoms with Gasteiger partial charge in [-0.15, -0.1) is 0 Å². The van der Waals surface area contributed by atoms with Gasteiger partial charge in [0.25, 0.3) is 0 Å². The van der Waals surface area contributed by atoms with Crippen LogP contribution in [0.5, 0.6) is 11.5 Å². The van der Waals surface area contributed by atoms with Crippen LogP contribution in [0.3, 0.4) is 0 Å². The summed E-state index contributed by atoms with van der Waals surface area (Å²) in [6.07, 6.45) is 8.65.